The first-order chi connectivity index (χ1) is 7.15. The first kappa shape index (κ1) is 14.6. The molecule has 0 N–H and O–H groups in total. The maximum atomic E-state index is 11.3. The SMILES string of the molecule is CC(=O)C(=CC(C)(C)C=C=C(C)C)C(C)=O. The van der Waals surface area contributed by atoms with Gasteiger partial charge in [0.15, 0.2) is 11.6 Å². The van der Waals surface area contributed by atoms with E-state index in [1.165, 1.54) is 13.8 Å². The standard InChI is InChI=1S/C14H20O2/c1-10(2)7-8-14(5,6)9-13(11(3)15)12(4)16/h8-9H,1-6H3. The normalized spacial score (nSPS) is 10.1. The lowest BCUT2D eigenvalue weighted by Crippen LogP contribution is -2.12. The fourth-order valence-electron chi connectivity index (χ4n) is 1.20. The van der Waals surface area contributed by atoms with Crippen LogP contribution in [0.25, 0.3) is 0 Å². The van der Waals surface area contributed by atoms with Crippen molar-refractivity contribution < 1.29 is 9.59 Å². The van der Waals surface area contributed by atoms with Crippen LogP contribution in [-0.2, 0) is 9.59 Å². The van der Waals surface area contributed by atoms with Crippen LogP contribution in [0.3, 0.4) is 0 Å². The van der Waals surface area contributed by atoms with Crippen LogP contribution in [0.1, 0.15) is 41.5 Å². The molecule has 0 aliphatic rings. The second-order valence-electron chi connectivity index (χ2n) is 4.78. The summed E-state index contributed by atoms with van der Waals surface area (Å²) < 4.78 is 0. The average Bonchev–Trinajstić information content (AvgIpc) is 2.10. The number of hydrogen-bond donors (Lipinski definition) is 0. The molecule has 0 atom stereocenters. The molecule has 0 aromatic rings. The Labute approximate surface area is 97.7 Å². The predicted molar refractivity (Wildman–Crippen MR) is 66.2 cm³/mol. The molecule has 0 aliphatic carbocycles. The zero-order chi connectivity index (χ0) is 12.9. The molecule has 0 rings (SSSR count). The molecule has 0 saturated carbocycles. The zero-order valence-electron chi connectivity index (χ0n) is 11.0. The van der Waals surface area contributed by atoms with Crippen LogP contribution < -0.4 is 0 Å². The average molecular weight is 220 g/mol. The highest BCUT2D eigenvalue weighted by Crippen LogP contribution is 2.21. The van der Waals surface area contributed by atoms with Crippen molar-refractivity contribution >= 4 is 11.6 Å². The zero-order valence-corrected chi connectivity index (χ0v) is 11.0. The third-order valence-electron chi connectivity index (χ3n) is 2.01. The van der Waals surface area contributed by atoms with Gasteiger partial charge in [0.05, 0.1) is 5.57 Å². The van der Waals surface area contributed by atoms with Gasteiger partial charge in [0.1, 0.15) is 0 Å². The number of Topliss-reactive ketones (excluding diaryl/α,β-unsaturated/α-hetero) is 2. The number of hydrogen-bond acceptors (Lipinski definition) is 2. The predicted octanol–water partition coefficient (Wildman–Crippen LogP) is 3.24. The number of carbonyl (C=O) groups is 2. The van der Waals surface area contributed by atoms with Gasteiger partial charge in [0.2, 0.25) is 0 Å². The molecule has 2 heteroatoms. The number of allylic oxidation sites excluding steroid dienone is 3. The van der Waals surface area contributed by atoms with Crippen LogP contribution in [0.4, 0.5) is 0 Å². The van der Waals surface area contributed by atoms with Gasteiger partial charge in [-0.15, -0.1) is 5.73 Å². The summed E-state index contributed by atoms with van der Waals surface area (Å²) in [6, 6.07) is 0. The second kappa shape index (κ2) is 5.62. The lowest BCUT2D eigenvalue weighted by Gasteiger charge is -2.15. The summed E-state index contributed by atoms with van der Waals surface area (Å²) in [5.74, 6) is -0.377. The Bertz CT molecular complexity index is 369. The Morgan fingerprint density at radius 3 is 1.75 bits per heavy atom. The molecule has 0 bridgehead atoms. The Morgan fingerprint density at radius 2 is 1.44 bits per heavy atom. The Balaban J connectivity index is 5.33. The first-order valence-electron chi connectivity index (χ1n) is 5.31. The number of rotatable bonds is 4. The highest BCUT2D eigenvalue weighted by molar-refractivity contribution is 6.18. The molecule has 2 nitrogen and oxygen atoms in total. The molecule has 0 fully saturated rings. The van der Waals surface area contributed by atoms with E-state index in [-0.39, 0.29) is 22.6 Å². The van der Waals surface area contributed by atoms with Crippen molar-refractivity contribution in [1.82, 2.24) is 0 Å². The summed E-state index contributed by atoms with van der Waals surface area (Å²) in [5, 5.41) is 0. The van der Waals surface area contributed by atoms with Gasteiger partial charge in [0, 0.05) is 5.41 Å². The van der Waals surface area contributed by atoms with E-state index in [1.54, 1.807) is 6.08 Å². The smallest absolute Gasteiger partial charge is 0.163 e. The van der Waals surface area contributed by atoms with E-state index in [2.05, 4.69) is 5.73 Å². The first-order valence-corrected chi connectivity index (χ1v) is 5.31. The minimum absolute atomic E-state index is 0.189. The van der Waals surface area contributed by atoms with E-state index in [0.29, 0.717) is 0 Å². The monoisotopic (exact) mass is 220 g/mol. The molecule has 0 spiro atoms. The maximum absolute atomic E-state index is 11.3. The third-order valence-corrected chi connectivity index (χ3v) is 2.01. The lowest BCUT2D eigenvalue weighted by molar-refractivity contribution is -0.119. The van der Waals surface area contributed by atoms with Crippen molar-refractivity contribution in [3.05, 3.63) is 29.0 Å². The van der Waals surface area contributed by atoms with Crippen molar-refractivity contribution in [2.24, 2.45) is 5.41 Å². The third kappa shape index (κ3) is 5.47. The van der Waals surface area contributed by atoms with Crippen LogP contribution in [0.15, 0.2) is 29.0 Å². The molecule has 0 amide bonds. The summed E-state index contributed by atoms with van der Waals surface area (Å²) in [7, 11) is 0. The maximum Gasteiger partial charge on any atom is 0.163 e. The van der Waals surface area contributed by atoms with Gasteiger partial charge in [-0.25, -0.2) is 0 Å². The molecular weight excluding hydrogens is 200 g/mol. The summed E-state index contributed by atoms with van der Waals surface area (Å²) in [6.07, 6.45) is 3.57. The fourth-order valence-corrected chi connectivity index (χ4v) is 1.20. The van der Waals surface area contributed by atoms with Crippen molar-refractivity contribution in [2.75, 3.05) is 0 Å². The van der Waals surface area contributed by atoms with Crippen molar-refractivity contribution in [3.63, 3.8) is 0 Å². The second-order valence-corrected chi connectivity index (χ2v) is 4.78. The molecule has 0 heterocycles. The van der Waals surface area contributed by atoms with Crippen molar-refractivity contribution in [1.29, 1.82) is 0 Å². The summed E-state index contributed by atoms with van der Waals surface area (Å²) in [6.45, 7) is 10.6. The molecule has 0 radical (unpaired) electrons. The molecule has 0 aromatic carbocycles. The highest BCUT2D eigenvalue weighted by Gasteiger charge is 2.17. The molecule has 0 aromatic heterocycles. The van der Waals surface area contributed by atoms with Crippen LogP contribution in [0.2, 0.25) is 0 Å². The summed E-state index contributed by atoms with van der Waals surface area (Å²) >= 11 is 0. The van der Waals surface area contributed by atoms with Crippen LogP contribution in [0, 0.1) is 5.41 Å². The largest absolute Gasteiger partial charge is 0.294 e. The number of ketones is 2. The van der Waals surface area contributed by atoms with Crippen LogP contribution in [-0.4, -0.2) is 11.6 Å². The van der Waals surface area contributed by atoms with Gasteiger partial charge in [-0.2, -0.15) is 0 Å². The minimum atomic E-state index is -0.343. The lowest BCUT2D eigenvalue weighted by atomic mass is 9.88. The summed E-state index contributed by atoms with van der Waals surface area (Å²) in [4.78, 5) is 22.5. The van der Waals surface area contributed by atoms with Crippen LogP contribution >= 0.6 is 0 Å². The topological polar surface area (TPSA) is 34.1 Å². The molecule has 88 valence electrons. The van der Waals surface area contributed by atoms with Crippen molar-refractivity contribution in [2.45, 2.75) is 41.5 Å². The molecule has 16 heavy (non-hydrogen) atoms. The molecule has 0 unspecified atom stereocenters. The fraction of sp³-hybridized carbons (Fsp3) is 0.500. The molecule has 0 saturated heterocycles. The van der Waals surface area contributed by atoms with E-state index < -0.39 is 0 Å². The Hall–Kier alpha value is -1.40. The van der Waals surface area contributed by atoms with Gasteiger partial charge in [-0.3, -0.25) is 9.59 Å². The Kier molecular flexibility index (Phi) is 5.13. The van der Waals surface area contributed by atoms with E-state index in [4.69, 9.17) is 0 Å². The number of carbonyl (C=O) groups excluding carboxylic acids is 2. The van der Waals surface area contributed by atoms with Gasteiger partial charge < -0.3 is 0 Å². The summed E-state index contributed by atoms with van der Waals surface area (Å²) in [5.41, 5.74) is 4.07. The van der Waals surface area contributed by atoms with Gasteiger partial charge in [-0.05, 0) is 39.3 Å². The highest BCUT2D eigenvalue weighted by atomic mass is 16.1. The van der Waals surface area contributed by atoms with Crippen molar-refractivity contribution in [3.8, 4) is 0 Å². The minimum Gasteiger partial charge on any atom is -0.294 e. The van der Waals surface area contributed by atoms with E-state index >= 15 is 0 Å². The van der Waals surface area contributed by atoms with Gasteiger partial charge in [0.25, 0.3) is 0 Å². The molecule has 0 aliphatic heterocycles. The van der Waals surface area contributed by atoms with E-state index in [1.807, 2.05) is 33.8 Å². The molecular formula is C14H20O2. The van der Waals surface area contributed by atoms with E-state index in [0.717, 1.165) is 5.57 Å². The van der Waals surface area contributed by atoms with Gasteiger partial charge >= 0.3 is 0 Å². The Morgan fingerprint density at radius 1 is 1.00 bits per heavy atom. The quantitative estimate of drug-likeness (QED) is 0.315. The van der Waals surface area contributed by atoms with Gasteiger partial charge in [-0.1, -0.05) is 19.9 Å². The van der Waals surface area contributed by atoms with Crippen LogP contribution in [0.5, 0.6) is 0 Å². The van der Waals surface area contributed by atoms with E-state index in [9.17, 15) is 9.59 Å².